The molecule has 0 unspecified atom stereocenters. The number of hydrogen-bond acceptors (Lipinski definition) is 1. The van der Waals surface area contributed by atoms with Crippen LogP contribution in [0.4, 0.5) is 5.69 Å². The van der Waals surface area contributed by atoms with Crippen molar-refractivity contribution < 1.29 is 0 Å². The van der Waals surface area contributed by atoms with Crippen molar-refractivity contribution in [3.05, 3.63) is 66.2 Å². The molecule has 1 nitrogen and oxygen atoms in total. The molecule has 0 heterocycles. The number of hydrogen-bond donors (Lipinski definition) is 1. The molecule has 0 amide bonds. The number of benzene rings is 2. The van der Waals surface area contributed by atoms with E-state index in [0.29, 0.717) is 0 Å². The summed E-state index contributed by atoms with van der Waals surface area (Å²) in [6.45, 7) is 0. The van der Waals surface area contributed by atoms with Crippen molar-refractivity contribution in [1.82, 2.24) is 0 Å². The van der Waals surface area contributed by atoms with E-state index in [4.69, 9.17) is 0 Å². The molecule has 0 saturated heterocycles. The van der Waals surface area contributed by atoms with Crippen LogP contribution in [0.2, 0.25) is 0 Å². The first-order chi connectivity index (χ1) is 7.45. The maximum atomic E-state index is 3.03. The van der Waals surface area contributed by atoms with Crippen LogP contribution in [0.25, 0.3) is 0 Å². The van der Waals surface area contributed by atoms with Gasteiger partial charge in [-0.15, -0.1) is 0 Å². The third-order valence-electron chi connectivity index (χ3n) is 1.96. The highest BCUT2D eigenvalue weighted by molar-refractivity contribution is 5.49. The van der Waals surface area contributed by atoms with E-state index in [1.54, 1.807) is 0 Å². The van der Waals surface area contributed by atoms with E-state index in [1.165, 1.54) is 0 Å². The molecule has 0 fully saturated rings. The summed E-state index contributed by atoms with van der Waals surface area (Å²) in [7, 11) is 0. The molecular weight excluding hydrogens is 182 g/mol. The topological polar surface area (TPSA) is 12.0 Å². The van der Waals surface area contributed by atoms with E-state index in [-0.39, 0.29) is 0 Å². The normalized spacial score (nSPS) is 8.80. The number of rotatable bonds is 1. The smallest absolute Gasteiger partial charge is 0.0459 e. The van der Waals surface area contributed by atoms with Gasteiger partial charge in [0, 0.05) is 17.3 Å². The Hall–Kier alpha value is -2.20. The summed E-state index contributed by atoms with van der Waals surface area (Å²) in [5.74, 6) is 3.03. The largest absolute Gasteiger partial charge is 0.315 e. The van der Waals surface area contributed by atoms with E-state index in [1.807, 2.05) is 60.7 Å². The number of para-hydroxylation sites is 1. The third kappa shape index (κ3) is 2.89. The summed E-state index contributed by atoms with van der Waals surface area (Å²) in [6.07, 6.45) is 0. The molecule has 0 saturated carbocycles. The van der Waals surface area contributed by atoms with Crippen LogP contribution >= 0.6 is 0 Å². The van der Waals surface area contributed by atoms with Crippen LogP contribution < -0.4 is 5.32 Å². The molecule has 1 N–H and O–H groups in total. The lowest BCUT2D eigenvalue weighted by atomic mass is 10.2. The highest BCUT2D eigenvalue weighted by Crippen LogP contribution is 2.03. The van der Waals surface area contributed by atoms with Gasteiger partial charge >= 0.3 is 0 Å². The maximum Gasteiger partial charge on any atom is 0.0459 e. The molecule has 2 aromatic rings. The predicted octanol–water partition coefficient (Wildman–Crippen LogP) is 3.11. The monoisotopic (exact) mass is 193 g/mol. The van der Waals surface area contributed by atoms with Gasteiger partial charge in [-0.2, -0.15) is 0 Å². The highest BCUT2D eigenvalue weighted by Gasteiger charge is 1.84. The fraction of sp³-hybridized carbons (Fsp3) is 0. The average Bonchev–Trinajstić information content (AvgIpc) is 2.32. The fourth-order valence-corrected chi connectivity index (χ4v) is 1.22. The van der Waals surface area contributed by atoms with Crippen molar-refractivity contribution in [2.75, 3.05) is 5.32 Å². The molecule has 0 atom stereocenters. The molecular formula is C14H11N. The van der Waals surface area contributed by atoms with Crippen LogP contribution in [0.15, 0.2) is 60.7 Å². The summed E-state index contributed by atoms with van der Waals surface area (Å²) in [5.41, 5.74) is 2.03. The molecule has 0 aromatic heterocycles. The lowest BCUT2D eigenvalue weighted by Crippen LogP contribution is -1.86. The van der Waals surface area contributed by atoms with Crippen LogP contribution in [-0.2, 0) is 0 Å². The van der Waals surface area contributed by atoms with Gasteiger partial charge in [-0.1, -0.05) is 36.4 Å². The summed E-state index contributed by atoms with van der Waals surface area (Å²) in [5, 5.41) is 3.03. The fourth-order valence-electron chi connectivity index (χ4n) is 1.22. The van der Waals surface area contributed by atoms with Crippen LogP contribution in [0, 0.1) is 12.0 Å². The van der Waals surface area contributed by atoms with Gasteiger partial charge < -0.3 is 5.32 Å². The summed E-state index contributed by atoms with van der Waals surface area (Å²) in [4.78, 5) is 0. The Morgan fingerprint density at radius 2 is 1.33 bits per heavy atom. The summed E-state index contributed by atoms with van der Waals surface area (Å²) >= 11 is 0. The van der Waals surface area contributed by atoms with Crippen molar-refractivity contribution in [3.63, 3.8) is 0 Å². The maximum absolute atomic E-state index is 3.03. The van der Waals surface area contributed by atoms with Crippen LogP contribution in [0.1, 0.15) is 5.56 Å². The SMILES string of the molecule is C(#Cc1ccccc1)Nc1ccccc1. The van der Waals surface area contributed by atoms with Crippen molar-refractivity contribution in [2.24, 2.45) is 0 Å². The molecule has 0 aliphatic heterocycles. The Morgan fingerprint density at radius 3 is 2.00 bits per heavy atom. The first-order valence-corrected chi connectivity index (χ1v) is 4.82. The van der Waals surface area contributed by atoms with Gasteiger partial charge in [0.05, 0.1) is 0 Å². The Bertz CT molecular complexity index is 463. The zero-order valence-corrected chi connectivity index (χ0v) is 8.27. The first kappa shape index (κ1) is 9.36. The van der Waals surface area contributed by atoms with Crippen molar-refractivity contribution >= 4 is 5.69 Å². The third-order valence-corrected chi connectivity index (χ3v) is 1.96. The standard InChI is InChI=1S/C14H11N/c1-3-7-13(8-4-1)11-12-15-14-9-5-2-6-10-14/h1-10,15H. The molecule has 1 heteroatoms. The minimum Gasteiger partial charge on any atom is -0.315 e. The van der Waals surface area contributed by atoms with E-state index < -0.39 is 0 Å². The lowest BCUT2D eigenvalue weighted by Gasteiger charge is -1.95. The molecule has 2 aromatic carbocycles. The van der Waals surface area contributed by atoms with Crippen LogP contribution in [0.3, 0.4) is 0 Å². The molecule has 0 bridgehead atoms. The molecule has 0 spiro atoms. The number of nitrogens with one attached hydrogen (secondary N) is 1. The summed E-state index contributed by atoms with van der Waals surface area (Å²) < 4.78 is 0. The Morgan fingerprint density at radius 1 is 0.733 bits per heavy atom. The van der Waals surface area contributed by atoms with Crippen molar-refractivity contribution in [1.29, 1.82) is 0 Å². The van der Waals surface area contributed by atoms with Crippen LogP contribution in [-0.4, -0.2) is 0 Å². The zero-order chi connectivity index (χ0) is 10.3. The Labute approximate surface area is 89.8 Å². The second-order valence-electron chi connectivity index (χ2n) is 3.11. The minimum atomic E-state index is 1.01. The second-order valence-corrected chi connectivity index (χ2v) is 3.11. The molecule has 0 aliphatic rings. The van der Waals surface area contributed by atoms with Gasteiger partial charge in [0.15, 0.2) is 0 Å². The average molecular weight is 193 g/mol. The molecule has 15 heavy (non-hydrogen) atoms. The Balaban J connectivity index is 2.03. The molecule has 0 aliphatic carbocycles. The van der Waals surface area contributed by atoms with Gasteiger partial charge in [-0.3, -0.25) is 0 Å². The minimum absolute atomic E-state index is 1.01. The Kier molecular flexibility index (Phi) is 3.04. The lowest BCUT2D eigenvalue weighted by molar-refractivity contribution is 1.61. The van der Waals surface area contributed by atoms with Gasteiger partial charge in [0.1, 0.15) is 0 Å². The first-order valence-electron chi connectivity index (χ1n) is 4.82. The quantitative estimate of drug-likeness (QED) is 0.542. The predicted molar refractivity (Wildman–Crippen MR) is 63.4 cm³/mol. The zero-order valence-electron chi connectivity index (χ0n) is 8.27. The van der Waals surface area contributed by atoms with Gasteiger partial charge in [0.25, 0.3) is 0 Å². The van der Waals surface area contributed by atoms with E-state index in [2.05, 4.69) is 17.3 Å². The van der Waals surface area contributed by atoms with Gasteiger partial charge in [0.2, 0.25) is 0 Å². The van der Waals surface area contributed by atoms with E-state index >= 15 is 0 Å². The van der Waals surface area contributed by atoms with Crippen molar-refractivity contribution in [3.8, 4) is 12.0 Å². The molecule has 2 rings (SSSR count). The highest BCUT2D eigenvalue weighted by atomic mass is 14.8. The van der Waals surface area contributed by atoms with Gasteiger partial charge in [-0.25, -0.2) is 0 Å². The summed E-state index contributed by atoms with van der Waals surface area (Å²) in [6, 6.07) is 22.7. The van der Waals surface area contributed by atoms with Gasteiger partial charge in [-0.05, 0) is 30.2 Å². The van der Waals surface area contributed by atoms with E-state index in [9.17, 15) is 0 Å². The van der Waals surface area contributed by atoms with Crippen molar-refractivity contribution in [2.45, 2.75) is 0 Å². The second kappa shape index (κ2) is 4.88. The molecule has 0 radical (unpaired) electrons. The van der Waals surface area contributed by atoms with Crippen LogP contribution in [0.5, 0.6) is 0 Å². The van der Waals surface area contributed by atoms with E-state index in [0.717, 1.165) is 11.3 Å². The number of anilines is 1. The molecule has 72 valence electrons.